The van der Waals surface area contributed by atoms with Crippen LogP contribution in [0, 0.1) is 0 Å². The van der Waals surface area contributed by atoms with Crippen molar-refractivity contribution in [3.05, 3.63) is 90.5 Å². The minimum absolute atomic E-state index is 0.362. The van der Waals surface area contributed by atoms with Gasteiger partial charge in [-0.15, -0.1) is 0 Å². The van der Waals surface area contributed by atoms with Crippen molar-refractivity contribution in [2.24, 2.45) is 0 Å². The summed E-state index contributed by atoms with van der Waals surface area (Å²) < 4.78 is 12.5. The largest absolute Gasteiger partial charge is 0.359 e. The van der Waals surface area contributed by atoms with Crippen LogP contribution in [0.1, 0.15) is 5.56 Å². The molecule has 3 rings (SSSR count). The minimum atomic E-state index is -0.609. The van der Waals surface area contributed by atoms with Crippen molar-refractivity contribution < 1.29 is 4.32 Å². The first kappa shape index (κ1) is 15.0. The zero-order chi connectivity index (χ0) is 15.2. The van der Waals surface area contributed by atoms with E-state index in [4.69, 9.17) is 0 Å². The molecule has 0 nitrogen and oxygen atoms in total. The second-order valence-corrected chi connectivity index (χ2v) is 7.25. The van der Waals surface area contributed by atoms with Crippen molar-refractivity contribution in [3.8, 4) is 0 Å². The lowest BCUT2D eigenvalue weighted by Gasteiger charge is -2.19. The van der Waals surface area contributed by atoms with Gasteiger partial charge in [0.05, 0.1) is 0 Å². The van der Waals surface area contributed by atoms with E-state index < -0.39 is 7.92 Å². The normalized spacial score (nSPS) is 10.6. The van der Waals surface area contributed by atoms with E-state index in [1.165, 1.54) is 15.9 Å². The van der Waals surface area contributed by atoms with Crippen molar-refractivity contribution in [1.82, 2.24) is 0 Å². The van der Waals surface area contributed by atoms with Crippen LogP contribution >= 0.6 is 7.92 Å². The molecule has 0 unspecified atom stereocenters. The van der Waals surface area contributed by atoms with E-state index >= 15 is 0 Å². The van der Waals surface area contributed by atoms with Gasteiger partial charge in [0, 0.05) is 0 Å². The van der Waals surface area contributed by atoms with Crippen LogP contribution < -0.4 is 15.9 Å². The molecule has 3 aromatic carbocycles. The summed E-state index contributed by atoms with van der Waals surface area (Å²) in [6, 6.07) is 29.3. The maximum atomic E-state index is 12.5. The maximum Gasteiger partial charge on any atom is 0.359 e. The highest BCUT2D eigenvalue weighted by atomic mass is 31.1. The molecule has 0 aliphatic rings. The van der Waals surface area contributed by atoms with Gasteiger partial charge in [0.25, 0.3) is 0 Å². The first-order valence-corrected chi connectivity index (χ1v) is 8.64. The van der Waals surface area contributed by atoms with E-state index in [9.17, 15) is 4.32 Å². The molecule has 0 saturated heterocycles. The quantitative estimate of drug-likeness (QED) is 0.500. The molecule has 0 amide bonds. The molecule has 0 aromatic heterocycles. The second-order valence-electron chi connectivity index (χ2n) is 5.03. The topological polar surface area (TPSA) is 0 Å². The van der Waals surface area contributed by atoms with Crippen LogP contribution in [0.2, 0.25) is 0 Å². The van der Waals surface area contributed by atoms with Crippen LogP contribution in [-0.2, 0) is 6.32 Å². The summed E-state index contributed by atoms with van der Waals surface area (Å²) in [5, 5.41) is 3.88. The van der Waals surface area contributed by atoms with Gasteiger partial charge in [-0.1, -0.05) is 90.5 Å². The molecule has 0 bridgehead atoms. The fourth-order valence-electron chi connectivity index (χ4n) is 2.51. The predicted molar refractivity (Wildman–Crippen MR) is 95.7 cm³/mol. The molecule has 3 aromatic rings. The molecule has 1 radical (unpaired) electrons. The van der Waals surface area contributed by atoms with Crippen molar-refractivity contribution in [2.75, 3.05) is 0 Å². The third-order valence-corrected chi connectivity index (χ3v) is 5.93. The van der Waals surface area contributed by atoms with Crippen molar-refractivity contribution >= 4 is 31.4 Å². The van der Waals surface area contributed by atoms with Gasteiger partial charge in [-0.05, 0) is 30.2 Å². The zero-order valence-electron chi connectivity index (χ0n) is 12.2. The van der Waals surface area contributed by atoms with Gasteiger partial charge in [-0.25, -0.2) is 0 Å². The number of rotatable bonds is 5. The van der Waals surface area contributed by atoms with E-state index in [2.05, 4.69) is 60.7 Å². The summed E-state index contributed by atoms with van der Waals surface area (Å²) >= 11 is 0. The Labute approximate surface area is 133 Å². The molecule has 3 heteroatoms. The molecular weight excluding hydrogens is 289 g/mol. The Hall–Kier alpha value is -1.92. The van der Waals surface area contributed by atoms with Gasteiger partial charge in [-0.3, -0.25) is 0 Å². The van der Waals surface area contributed by atoms with Crippen LogP contribution in [0.5, 0.6) is 0 Å². The molecular formula is C19H16BFP. The molecule has 0 aliphatic carbocycles. The number of hydrogen-bond donors (Lipinski definition) is 0. The average Bonchev–Trinajstić information content (AvgIpc) is 2.58. The molecule has 107 valence electrons. The summed E-state index contributed by atoms with van der Waals surface area (Å²) in [5.41, 5.74) is 1.01. The third-order valence-electron chi connectivity index (χ3n) is 3.51. The van der Waals surface area contributed by atoms with Crippen molar-refractivity contribution in [2.45, 2.75) is 6.32 Å². The lowest BCUT2D eigenvalue weighted by atomic mass is 9.93. The van der Waals surface area contributed by atoms with Gasteiger partial charge < -0.3 is 4.32 Å². The smallest absolute Gasteiger partial charge is 0.342 e. The predicted octanol–water partition coefficient (Wildman–Crippen LogP) is 3.53. The Bertz CT molecular complexity index is 676. The second kappa shape index (κ2) is 7.38. The van der Waals surface area contributed by atoms with Gasteiger partial charge in [-0.2, -0.15) is 0 Å². The highest BCUT2D eigenvalue weighted by Gasteiger charge is 2.16. The lowest BCUT2D eigenvalue weighted by Crippen LogP contribution is -2.20. The monoisotopic (exact) mass is 305 g/mol. The van der Waals surface area contributed by atoms with Gasteiger partial charge in [0.2, 0.25) is 0 Å². The molecule has 0 saturated carbocycles. The first-order chi connectivity index (χ1) is 10.9. The van der Waals surface area contributed by atoms with Gasteiger partial charge in [0.1, 0.15) is 0 Å². The number of hydrogen-bond acceptors (Lipinski definition) is 0. The Morgan fingerprint density at radius 2 is 1.23 bits per heavy atom. The maximum absolute atomic E-state index is 12.5. The summed E-state index contributed by atoms with van der Waals surface area (Å²) in [7, 11) is 0.105. The standard InChI is InChI=1S/C19H16BFP/c21-20-15-16-8-7-13-19(14-16)22(17-9-3-1-4-10-17)18-11-5-2-6-12-18/h1-14H,15H2. The number of benzene rings is 3. The SMILES string of the molecule is F[B]Cc1cccc(P(c2ccccc2)c2ccccc2)c1. The van der Waals surface area contributed by atoms with E-state index in [1.807, 2.05) is 24.3 Å². The van der Waals surface area contributed by atoms with Crippen LogP contribution in [0.15, 0.2) is 84.9 Å². The Morgan fingerprint density at radius 1 is 0.682 bits per heavy atom. The van der Waals surface area contributed by atoms with E-state index in [0.29, 0.717) is 13.9 Å². The van der Waals surface area contributed by atoms with E-state index in [0.717, 1.165) is 5.56 Å². The molecule has 0 spiro atoms. The summed E-state index contributed by atoms with van der Waals surface area (Å²) in [6.45, 7) is 0. The van der Waals surface area contributed by atoms with Crippen molar-refractivity contribution in [1.29, 1.82) is 0 Å². The Balaban J connectivity index is 2.08. The lowest BCUT2D eigenvalue weighted by molar-refractivity contribution is 0.859. The van der Waals surface area contributed by atoms with Gasteiger partial charge in [0.15, 0.2) is 0 Å². The van der Waals surface area contributed by atoms with Crippen LogP contribution in [0.4, 0.5) is 4.32 Å². The average molecular weight is 305 g/mol. The van der Waals surface area contributed by atoms with Gasteiger partial charge >= 0.3 is 7.56 Å². The molecule has 0 N–H and O–H groups in total. The molecule has 0 fully saturated rings. The Morgan fingerprint density at radius 3 is 1.77 bits per heavy atom. The summed E-state index contributed by atoms with van der Waals surface area (Å²) in [5.74, 6) is 0. The minimum Gasteiger partial charge on any atom is -0.342 e. The highest BCUT2D eigenvalue weighted by Crippen LogP contribution is 2.32. The zero-order valence-corrected chi connectivity index (χ0v) is 13.1. The van der Waals surface area contributed by atoms with E-state index in [-0.39, 0.29) is 0 Å². The molecule has 0 aliphatic heterocycles. The summed E-state index contributed by atoms with van der Waals surface area (Å²) in [4.78, 5) is 0. The fourth-order valence-corrected chi connectivity index (χ4v) is 4.88. The fraction of sp³-hybridized carbons (Fsp3) is 0.0526. The molecule has 0 heterocycles. The van der Waals surface area contributed by atoms with Crippen LogP contribution in [-0.4, -0.2) is 7.56 Å². The highest BCUT2D eigenvalue weighted by molar-refractivity contribution is 7.79. The van der Waals surface area contributed by atoms with Crippen LogP contribution in [0.3, 0.4) is 0 Å². The van der Waals surface area contributed by atoms with Crippen LogP contribution in [0.25, 0.3) is 0 Å². The summed E-state index contributed by atoms with van der Waals surface area (Å²) in [6.07, 6.45) is 0.362. The van der Waals surface area contributed by atoms with E-state index in [1.54, 1.807) is 0 Å². The number of halogens is 1. The Kier molecular flexibility index (Phi) is 5.03. The first-order valence-electron chi connectivity index (χ1n) is 7.29. The van der Waals surface area contributed by atoms with Crippen molar-refractivity contribution in [3.63, 3.8) is 0 Å². The molecule has 0 atom stereocenters. The third kappa shape index (κ3) is 3.46. The molecule has 22 heavy (non-hydrogen) atoms.